The summed E-state index contributed by atoms with van der Waals surface area (Å²) in [6, 6.07) is 9.73. The quantitative estimate of drug-likeness (QED) is 0.507. The number of benzene rings is 1. The lowest BCUT2D eigenvalue weighted by atomic mass is 10.2. The fraction of sp³-hybridized carbons (Fsp3) is 0.176. The van der Waals surface area contributed by atoms with E-state index in [9.17, 15) is 14.9 Å². The number of hydrogen-bond donors (Lipinski definition) is 1. The molecule has 2 heterocycles. The second kappa shape index (κ2) is 7.22. The fourth-order valence-corrected chi connectivity index (χ4v) is 2.93. The fourth-order valence-electron chi connectivity index (χ4n) is 2.58. The molecule has 9 heteroatoms. The average molecular weight is 418 g/mol. The SMILES string of the molecule is CN(C)Cc1c(C(=O)Nc2cc([N+](=O)[O-])ccc2Br)nc2ccccn12. The van der Waals surface area contributed by atoms with Crippen molar-refractivity contribution in [2.75, 3.05) is 19.4 Å². The Morgan fingerprint density at radius 2 is 2.12 bits per heavy atom. The van der Waals surface area contributed by atoms with Crippen LogP contribution in [-0.4, -0.2) is 39.2 Å². The summed E-state index contributed by atoms with van der Waals surface area (Å²) in [5.74, 6) is -0.424. The third kappa shape index (κ3) is 3.58. The molecule has 0 aliphatic heterocycles. The van der Waals surface area contributed by atoms with Crippen LogP contribution in [0.4, 0.5) is 11.4 Å². The van der Waals surface area contributed by atoms with Crippen molar-refractivity contribution < 1.29 is 9.72 Å². The molecule has 1 aromatic carbocycles. The van der Waals surface area contributed by atoms with Gasteiger partial charge in [0.15, 0.2) is 5.69 Å². The van der Waals surface area contributed by atoms with Gasteiger partial charge in [-0.25, -0.2) is 4.98 Å². The van der Waals surface area contributed by atoms with Crippen LogP contribution in [0.5, 0.6) is 0 Å². The van der Waals surface area contributed by atoms with Gasteiger partial charge in [-0.05, 0) is 48.2 Å². The molecular formula is C17H16BrN5O3. The lowest BCUT2D eigenvalue weighted by molar-refractivity contribution is -0.384. The Balaban J connectivity index is 2.00. The average Bonchev–Trinajstić information content (AvgIpc) is 2.95. The van der Waals surface area contributed by atoms with Gasteiger partial charge in [0.05, 0.1) is 16.3 Å². The van der Waals surface area contributed by atoms with Gasteiger partial charge in [0.25, 0.3) is 11.6 Å². The minimum atomic E-state index is -0.509. The van der Waals surface area contributed by atoms with Gasteiger partial charge in [0.2, 0.25) is 0 Å². The van der Waals surface area contributed by atoms with Gasteiger partial charge >= 0.3 is 0 Å². The molecule has 0 spiro atoms. The van der Waals surface area contributed by atoms with Gasteiger partial charge < -0.3 is 14.6 Å². The molecule has 0 fully saturated rings. The van der Waals surface area contributed by atoms with Crippen LogP contribution in [0.1, 0.15) is 16.2 Å². The van der Waals surface area contributed by atoms with E-state index in [4.69, 9.17) is 0 Å². The van der Waals surface area contributed by atoms with Gasteiger partial charge in [-0.3, -0.25) is 14.9 Å². The third-order valence-corrected chi connectivity index (χ3v) is 4.41. The van der Waals surface area contributed by atoms with Crippen molar-refractivity contribution in [1.29, 1.82) is 0 Å². The first-order valence-electron chi connectivity index (χ1n) is 7.73. The van der Waals surface area contributed by atoms with E-state index in [1.807, 2.05) is 47.8 Å². The minimum Gasteiger partial charge on any atom is -0.319 e. The zero-order valence-electron chi connectivity index (χ0n) is 14.1. The number of amides is 1. The van der Waals surface area contributed by atoms with Crippen LogP contribution in [0.3, 0.4) is 0 Å². The van der Waals surface area contributed by atoms with Crippen LogP contribution < -0.4 is 5.32 Å². The number of carbonyl (C=O) groups is 1. The summed E-state index contributed by atoms with van der Waals surface area (Å²) >= 11 is 3.30. The number of halogens is 1. The van der Waals surface area contributed by atoms with E-state index in [0.29, 0.717) is 22.4 Å². The molecule has 3 aromatic rings. The lowest BCUT2D eigenvalue weighted by Gasteiger charge is -2.12. The summed E-state index contributed by atoms with van der Waals surface area (Å²) in [4.78, 5) is 29.6. The van der Waals surface area contributed by atoms with E-state index in [-0.39, 0.29) is 11.4 Å². The van der Waals surface area contributed by atoms with Crippen molar-refractivity contribution in [1.82, 2.24) is 14.3 Å². The van der Waals surface area contributed by atoms with E-state index in [2.05, 4.69) is 26.2 Å². The number of pyridine rings is 1. The summed E-state index contributed by atoms with van der Waals surface area (Å²) in [5, 5.41) is 13.7. The smallest absolute Gasteiger partial charge is 0.276 e. The molecular weight excluding hydrogens is 402 g/mol. The molecule has 8 nitrogen and oxygen atoms in total. The van der Waals surface area contributed by atoms with Crippen molar-refractivity contribution >= 4 is 38.9 Å². The molecule has 0 aliphatic rings. The Labute approximate surface area is 157 Å². The van der Waals surface area contributed by atoms with E-state index in [0.717, 1.165) is 5.69 Å². The number of nitro benzene ring substituents is 1. The van der Waals surface area contributed by atoms with E-state index < -0.39 is 10.8 Å². The zero-order chi connectivity index (χ0) is 18.8. The number of nitrogens with one attached hydrogen (secondary N) is 1. The Morgan fingerprint density at radius 3 is 2.81 bits per heavy atom. The van der Waals surface area contributed by atoms with Gasteiger partial charge in [0.1, 0.15) is 5.65 Å². The van der Waals surface area contributed by atoms with Crippen molar-refractivity contribution in [3.63, 3.8) is 0 Å². The Hall–Kier alpha value is -2.78. The molecule has 0 radical (unpaired) electrons. The van der Waals surface area contributed by atoms with Gasteiger partial charge in [-0.2, -0.15) is 0 Å². The Bertz CT molecular complexity index is 999. The van der Waals surface area contributed by atoms with Gasteiger partial charge in [-0.15, -0.1) is 0 Å². The van der Waals surface area contributed by atoms with Crippen LogP contribution in [-0.2, 0) is 6.54 Å². The number of nitro groups is 1. The number of hydrogen-bond acceptors (Lipinski definition) is 5. The Morgan fingerprint density at radius 1 is 1.35 bits per heavy atom. The molecule has 0 saturated carbocycles. The molecule has 1 N–H and O–H groups in total. The van der Waals surface area contributed by atoms with Crippen LogP contribution in [0.2, 0.25) is 0 Å². The predicted molar refractivity (Wildman–Crippen MR) is 101 cm³/mol. The summed E-state index contributed by atoms with van der Waals surface area (Å²) in [6.45, 7) is 0.518. The molecule has 134 valence electrons. The highest BCUT2D eigenvalue weighted by Gasteiger charge is 2.21. The van der Waals surface area contributed by atoms with Crippen molar-refractivity contribution in [2.24, 2.45) is 0 Å². The molecule has 0 bridgehead atoms. The zero-order valence-corrected chi connectivity index (χ0v) is 15.7. The molecule has 0 atom stereocenters. The summed E-state index contributed by atoms with van der Waals surface area (Å²) < 4.78 is 2.41. The maximum absolute atomic E-state index is 12.8. The third-order valence-electron chi connectivity index (χ3n) is 3.72. The first-order valence-corrected chi connectivity index (χ1v) is 8.52. The Kier molecular flexibility index (Phi) is 5.01. The van der Waals surface area contributed by atoms with Crippen molar-refractivity contribution in [3.8, 4) is 0 Å². The summed E-state index contributed by atoms with van der Waals surface area (Å²) in [7, 11) is 3.81. The van der Waals surface area contributed by atoms with Gasteiger partial charge in [-0.1, -0.05) is 6.07 Å². The van der Waals surface area contributed by atoms with Crippen LogP contribution in [0, 0.1) is 10.1 Å². The van der Waals surface area contributed by atoms with E-state index in [1.54, 1.807) is 0 Å². The molecule has 1 amide bonds. The highest BCUT2D eigenvalue weighted by Crippen LogP contribution is 2.28. The van der Waals surface area contributed by atoms with Crippen LogP contribution >= 0.6 is 15.9 Å². The maximum atomic E-state index is 12.8. The number of aromatic nitrogens is 2. The number of imidazole rings is 1. The number of nitrogens with zero attached hydrogens (tertiary/aromatic N) is 4. The number of anilines is 1. The first-order chi connectivity index (χ1) is 12.4. The molecule has 3 rings (SSSR count). The standard InChI is InChI=1S/C17H16BrN5O3/c1-21(2)10-14-16(20-15-5-3-4-8-22(14)15)17(24)19-13-9-11(23(25)26)6-7-12(13)18/h3-9H,10H2,1-2H3,(H,19,24). The van der Waals surface area contributed by atoms with E-state index >= 15 is 0 Å². The molecule has 0 aliphatic carbocycles. The monoisotopic (exact) mass is 417 g/mol. The van der Waals surface area contributed by atoms with Gasteiger partial charge in [0, 0.05) is 29.3 Å². The molecule has 0 saturated heterocycles. The normalized spacial score (nSPS) is 11.1. The number of rotatable bonds is 5. The largest absolute Gasteiger partial charge is 0.319 e. The van der Waals surface area contributed by atoms with Crippen molar-refractivity contribution in [2.45, 2.75) is 6.54 Å². The van der Waals surface area contributed by atoms with Crippen LogP contribution in [0.25, 0.3) is 5.65 Å². The second-order valence-electron chi connectivity index (χ2n) is 5.95. The number of non-ortho nitro benzene ring substituents is 1. The topological polar surface area (TPSA) is 92.8 Å². The van der Waals surface area contributed by atoms with E-state index in [1.165, 1.54) is 18.2 Å². The number of carbonyl (C=O) groups excluding carboxylic acids is 1. The minimum absolute atomic E-state index is 0.105. The summed E-state index contributed by atoms with van der Waals surface area (Å²) in [5.41, 5.74) is 1.89. The van der Waals surface area contributed by atoms with Crippen LogP contribution in [0.15, 0.2) is 47.1 Å². The lowest BCUT2D eigenvalue weighted by Crippen LogP contribution is -2.19. The predicted octanol–water partition coefficient (Wildman–Crippen LogP) is 3.32. The maximum Gasteiger partial charge on any atom is 0.276 e. The number of fused-ring (bicyclic) bond motifs is 1. The highest BCUT2D eigenvalue weighted by molar-refractivity contribution is 9.10. The second-order valence-corrected chi connectivity index (χ2v) is 6.80. The molecule has 0 unspecified atom stereocenters. The first kappa shape index (κ1) is 18.0. The molecule has 2 aromatic heterocycles. The summed E-state index contributed by atoms with van der Waals surface area (Å²) in [6.07, 6.45) is 1.85. The molecule has 26 heavy (non-hydrogen) atoms. The highest BCUT2D eigenvalue weighted by atomic mass is 79.9. The van der Waals surface area contributed by atoms with Crippen molar-refractivity contribution in [3.05, 3.63) is 68.6 Å².